The average Bonchev–Trinajstić information content (AvgIpc) is 2.30. The second-order valence-corrected chi connectivity index (χ2v) is 3.98. The van der Waals surface area contributed by atoms with Crippen LogP contribution in [0.1, 0.15) is 6.92 Å². The molecule has 0 aliphatic heterocycles. The van der Waals surface area contributed by atoms with Crippen molar-refractivity contribution in [2.24, 2.45) is 0 Å². The Morgan fingerprint density at radius 2 is 2.11 bits per heavy atom. The Morgan fingerprint density at radius 1 is 1.47 bits per heavy atom. The summed E-state index contributed by atoms with van der Waals surface area (Å²) in [6.45, 7) is 1.23. The summed E-state index contributed by atoms with van der Waals surface area (Å²) in [5.74, 6) is -2.02. The number of carbonyl (C=O) groups is 2. The Bertz CT molecular complexity index is 582. The van der Waals surface area contributed by atoms with Crippen LogP contribution in [0.5, 0.6) is 0 Å². The van der Waals surface area contributed by atoms with E-state index in [1.54, 1.807) is 0 Å². The number of nitrogens with one attached hydrogen (secondary N) is 1. The molecule has 0 aliphatic rings. The van der Waals surface area contributed by atoms with Gasteiger partial charge in [-0.2, -0.15) is 0 Å². The number of halogens is 1. The van der Waals surface area contributed by atoms with Gasteiger partial charge in [-0.1, -0.05) is 11.6 Å². The summed E-state index contributed by atoms with van der Waals surface area (Å²) in [5.41, 5.74) is -0.620. The third-order valence-corrected chi connectivity index (χ3v) is 2.33. The minimum absolute atomic E-state index is 0.0613. The summed E-state index contributed by atoms with van der Waals surface area (Å²) >= 11 is 5.62. The van der Waals surface area contributed by atoms with E-state index in [0.29, 0.717) is 0 Å². The lowest BCUT2D eigenvalue weighted by molar-refractivity contribution is -0.383. The number of carboxylic acids is 1. The van der Waals surface area contributed by atoms with Gasteiger partial charge in [0.15, 0.2) is 0 Å². The van der Waals surface area contributed by atoms with E-state index < -0.39 is 16.8 Å². The van der Waals surface area contributed by atoms with Gasteiger partial charge < -0.3 is 10.4 Å². The SMILES string of the molecule is C/C(=C\C(=O)Nc1ccc(Cl)cc1[N+](=O)[O-])C(=O)O. The van der Waals surface area contributed by atoms with Gasteiger partial charge in [-0.25, -0.2) is 4.79 Å². The van der Waals surface area contributed by atoms with Crippen molar-refractivity contribution < 1.29 is 19.6 Å². The van der Waals surface area contributed by atoms with Crippen LogP contribution in [0.3, 0.4) is 0 Å². The third-order valence-electron chi connectivity index (χ3n) is 2.10. The number of benzene rings is 1. The molecule has 0 aliphatic carbocycles. The molecule has 1 rings (SSSR count). The van der Waals surface area contributed by atoms with Crippen molar-refractivity contribution in [2.45, 2.75) is 6.92 Å². The molecule has 0 fully saturated rings. The summed E-state index contributed by atoms with van der Waals surface area (Å²) in [5, 5.41) is 21.8. The summed E-state index contributed by atoms with van der Waals surface area (Å²) in [7, 11) is 0. The molecule has 1 amide bonds. The standard InChI is InChI=1S/C11H9ClN2O5/c1-6(11(16)17)4-10(15)13-8-3-2-7(12)5-9(8)14(18)19/h2-5H,1H3,(H,13,15)(H,16,17)/b6-4+. The van der Waals surface area contributed by atoms with Gasteiger partial charge in [0.1, 0.15) is 5.69 Å². The Morgan fingerprint density at radius 3 is 2.63 bits per heavy atom. The summed E-state index contributed by atoms with van der Waals surface area (Å²) < 4.78 is 0. The van der Waals surface area contributed by atoms with Crippen molar-refractivity contribution in [2.75, 3.05) is 5.32 Å². The first kappa shape index (κ1) is 14.7. The quantitative estimate of drug-likeness (QED) is 0.500. The largest absolute Gasteiger partial charge is 0.478 e. The molecule has 1 aromatic rings. The normalized spacial score (nSPS) is 10.9. The second kappa shape index (κ2) is 5.96. The molecule has 2 N–H and O–H groups in total. The highest BCUT2D eigenvalue weighted by atomic mass is 35.5. The molecule has 0 saturated heterocycles. The number of hydrogen-bond acceptors (Lipinski definition) is 4. The Hall–Kier alpha value is -2.41. The zero-order valence-corrected chi connectivity index (χ0v) is 10.5. The van der Waals surface area contributed by atoms with Crippen LogP contribution in [0.4, 0.5) is 11.4 Å². The van der Waals surface area contributed by atoms with Gasteiger partial charge in [0.2, 0.25) is 5.91 Å². The molecule has 1 aromatic carbocycles. The highest BCUT2D eigenvalue weighted by molar-refractivity contribution is 6.31. The smallest absolute Gasteiger partial charge is 0.331 e. The zero-order valence-electron chi connectivity index (χ0n) is 9.71. The van der Waals surface area contributed by atoms with E-state index in [1.165, 1.54) is 19.1 Å². The summed E-state index contributed by atoms with van der Waals surface area (Å²) in [4.78, 5) is 32.1. The highest BCUT2D eigenvalue weighted by Crippen LogP contribution is 2.27. The Kier molecular flexibility index (Phi) is 4.60. The van der Waals surface area contributed by atoms with E-state index >= 15 is 0 Å². The van der Waals surface area contributed by atoms with Gasteiger partial charge >= 0.3 is 5.97 Å². The maximum absolute atomic E-state index is 11.5. The van der Waals surface area contributed by atoms with E-state index in [-0.39, 0.29) is 22.0 Å². The molecule has 0 atom stereocenters. The van der Waals surface area contributed by atoms with Crippen LogP contribution in [0, 0.1) is 10.1 Å². The maximum Gasteiger partial charge on any atom is 0.331 e. The fraction of sp³-hybridized carbons (Fsp3) is 0.0909. The fourth-order valence-electron chi connectivity index (χ4n) is 1.19. The first-order chi connectivity index (χ1) is 8.81. The lowest BCUT2D eigenvalue weighted by Gasteiger charge is -2.04. The van der Waals surface area contributed by atoms with Crippen LogP contribution >= 0.6 is 11.6 Å². The molecule has 0 unspecified atom stereocenters. The Balaban J connectivity index is 3.00. The Labute approximate surface area is 112 Å². The number of nitro benzene ring substituents is 1. The van der Waals surface area contributed by atoms with Crippen molar-refractivity contribution in [3.05, 3.63) is 45.0 Å². The van der Waals surface area contributed by atoms with Crippen LogP contribution in [0.2, 0.25) is 5.02 Å². The van der Waals surface area contributed by atoms with Crippen LogP contribution in [0.25, 0.3) is 0 Å². The number of hydrogen-bond donors (Lipinski definition) is 2. The van der Waals surface area contributed by atoms with Gasteiger partial charge in [0.25, 0.3) is 5.69 Å². The van der Waals surface area contributed by atoms with E-state index in [1.807, 2.05) is 0 Å². The summed E-state index contributed by atoms with van der Waals surface area (Å²) in [6.07, 6.45) is 0.834. The van der Waals surface area contributed by atoms with Crippen molar-refractivity contribution in [1.29, 1.82) is 0 Å². The van der Waals surface area contributed by atoms with E-state index in [4.69, 9.17) is 16.7 Å². The number of nitro groups is 1. The van der Waals surface area contributed by atoms with Crippen LogP contribution in [-0.4, -0.2) is 21.9 Å². The average molecular weight is 285 g/mol. The molecule has 7 nitrogen and oxygen atoms in total. The number of rotatable bonds is 4. The molecule has 0 heterocycles. The first-order valence-corrected chi connectivity index (χ1v) is 5.35. The van der Waals surface area contributed by atoms with Gasteiger partial charge in [-0.15, -0.1) is 0 Å². The molecule has 0 spiro atoms. The number of carboxylic acid groups (broad SMARTS) is 1. The number of carbonyl (C=O) groups excluding carboxylic acids is 1. The van der Waals surface area contributed by atoms with Gasteiger partial charge in [-0.3, -0.25) is 14.9 Å². The third kappa shape index (κ3) is 4.07. The first-order valence-electron chi connectivity index (χ1n) is 4.97. The molecule has 0 saturated carbocycles. The molecule has 0 bridgehead atoms. The maximum atomic E-state index is 11.5. The fourth-order valence-corrected chi connectivity index (χ4v) is 1.36. The monoisotopic (exact) mass is 284 g/mol. The highest BCUT2D eigenvalue weighted by Gasteiger charge is 2.16. The molecule has 8 heteroatoms. The minimum atomic E-state index is -1.25. The van der Waals surface area contributed by atoms with E-state index in [9.17, 15) is 19.7 Å². The second-order valence-electron chi connectivity index (χ2n) is 3.54. The van der Waals surface area contributed by atoms with E-state index in [2.05, 4.69) is 5.32 Å². The van der Waals surface area contributed by atoms with Crippen molar-refractivity contribution in [3.8, 4) is 0 Å². The summed E-state index contributed by atoms with van der Waals surface area (Å²) in [6, 6.07) is 3.73. The lowest BCUT2D eigenvalue weighted by Crippen LogP contribution is -2.12. The number of aliphatic carboxylic acids is 1. The predicted octanol–water partition coefficient (Wildman–Crippen LogP) is 2.22. The van der Waals surface area contributed by atoms with Crippen molar-refractivity contribution in [1.82, 2.24) is 0 Å². The molecule has 0 aromatic heterocycles. The molecular formula is C11H9ClN2O5. The number of nitrogens with zero attached hydrogens (tertiary/aromatic N) is 1. The van der Waals surface area contributed by atoms with E-state index in [0.717, 1.165) is 12.1 Å². The van der Waals surface area contributed by atoms with Crippen molar-refractivity contribution >= 4 is 34.9 Å². The van der Waals surface area contributed by atoms with Crippen LogP contribution < -0.4 is 5.32 Å². The van der Waals surface area contributed by atoms with Gasteiger partial charge in [0, 0.05) is 22.7 Å². The molecular weight excluding hydrogens is 276 g/mol. The number of amides is 1. The van der Waals surface area contributed by atoms with Crippen molar-refractivity contribution in [3.63, 3.8) is 0 Å². The van der Waals surface area contributed by atoms with Gasteiger partial charge in [0.05, 0.1) is 4.92 Å². The lowest BCUT2D eigenvalue weighted by atomic mass is 10.2. The number of anilines is 1. The predicted molar refractivity (Wildman–Crippen MR) is 68.1 cm³/mol. The van der Waals surface area contributed by atoms with Crippen LogP contribution in [-0.2, 0) is 9.59 Å². The molecule has 0 radical (unpaired) electrons. The minimum Gasteiger partial charge on any atom is -0.478 e. The molecule has 19 heavy (non-hydrogen) atoms. The molecule has 100 valence electrons. The van der Waals surface area contributed by atoms with Crippen LogP contribution in [0.15, 0.2) is 29.8 Å². The van der Waals surface area contributed by atoms with Gasteiger partial charge in [-0.05, 0) is 19.1 Å². The topological polar surface area (TPSA) is 110 Å². The zero-order chi connectivity index (χ0) is 14.6.